The van der Waals surface area contributed by atoms with Gasteiger partial charge in [0.15, 0.2) is 0 Å². The number of nitrogens with zero attached hydrogens (tertiary/aromatic N) is 1. The van der Waals surface area contributed by atoms with Gasteiger partial charge in [-0.25, -0.2) is 10.2 Å². The molecule has 6 heteroatoms. The maximum absolute atomic E-state index is 11.4. The fraction of sp³-hybridized carbons (Fsp3) is 0.222. The van der Waals surface area contributed by atoms with Crippen LogP contribution in [0.1, 0.15) is 17.3 Å². The van der Waals surface area contributed by atoms with Gasteiger partial charge in [-0.3, -0.25) is 15.2 Å². The summed E-state index contributed by atoms with van der Waals surface area (Å²) in [4.78, 5) is 26.1. The lowest BCUT2D eigenvalue weighted by Crippen LogP contribution is -2.46. The van der Waals surface area contributed by atoms with Gasteiger partial charge in [0.05, 0.1) is 0 Å². The van der Waals surface area contributed by atoms with Crippen molar-refractivity contribution in [3.05, 3.63) is 30.1 Å². The van der Waals surface area contributed by atoms with Crippen molar-refractivity contribution < 1.29 is 9.59 Å². The van der Waals surface area contributed by atoms with Gasteiger partial charge in [0, 0.05) is 24.5 Å². The number of urea groups is 1. The number of hydrogen-bond donors (Lipinski definition) is 3. The Morgan fingerprint density at radius 2 is 1.93 bits per heavy atom. The molecule has 6 nitrogen and oxygen atoms in total. The lowest BCUT2D eigenvalue weighted by Gasteiger charge is -2.06. The Morgan fingerprint density at radius 3 is 2.53 bits per heavy atom. The quantitative estimate of drug-likeness (QED) is 0.600. The molecule has 0 spiro atoms. The molecule has 0 saturated carbocycles. The molecule has 1 aromatic rings. The van der Waals surface area contributed by atoms with Crippen LogP contribution >= 0.6 is 0 Å². The zero-order valence-electron chi connectivity index (χ0n) is 8.28. The second-order valence-corrected chi connectivity index (χ2v) is 2.67. The number of carbonyl (C=O) groups is 2. The minimum atomic E-state index is -0.445. The van der Waals surface area contributed by atoms with Crippen molar-refractivity contribution in [3.63, 3.8) is 0 Å². The molecule has 0 atom stereocenters. The molecule has 3 N–H and O–H groups in total. The van der Waals surface area contributed by atoms with E-state index < -0.39 is 6.03 Å². The van der Waals surface area contributed by atoms with Crippen LogP contribution in [-0.2, 0) is 0 Å². The van der Waals surface area contributed by atoms with Crippen LogP contribution in [0, 0.1) is 0 Å². The van der Waals surface area contributed by atoms with Crippen LogP contribution in [0.3, 0.4) is 0 Å². The Kier molecular flexibility index (Phi) is 4.08. The number of nitrogens with one attached hydrogen (secondary N) is 3. The number of hydrazine groups is 1. The van der Waals surface area contributed by atoms with Gasteiger partial charge in [-0.15, -0.1) is 0 Å². The molecule has 1 aromatic heterocycles. The van der Waals surface area contributed by atoms with Crippen LogP contribution in [0.2, 0.25) is 0 Å². The molecule has 15 heavy (non-hydrogen) atoms. The van der Waals surface area contributed by atoms with E-state index in [1.54, 1.807) is 19.1 Å². The summed E-state index contributed by atoms with van der Waals surface area (Å²) in [7, 11) is 0. The highest BCUT2D eigenvalue weighted by molar-refractivity contribution is 5.95. The lowest BCUT2D eigenvalue weighted by molar-refractivity contribution is 0.0936. The summed E-state index contributed by atoms with van der Waals surface area (Å²) < 4.78 is 0. The van der Waals surface area contributed by atoms with Gasteiger partial charge < -0.3 is 5.32 Å². The molecule has 0 unspecified atom stereocenters. The molecule has 1 rings (SSSR count). The van der Waals surface area contributed by atoms with E-state index in [9.17, 15) is 9.59 Å². The minimum absolute atomic E-state index is 0.386. The molecular formula is C9H12N4O2. The van der Waals surface area contributed by atoms with Gasteiger partial charge in [-0.1, -0.05) is 0 Å². The molecule has 0 radical (unpaired) electrons. The average molecular weight is 208 g/mol. The maximum Gasteiger partial charge on any atom is 0.333 e. The van der Waals surface area contributed by atoms with E-state index in [0.29, 0.717) is 12.1 Å². The summed E-state index contributed by atoms with van der Waals surface area (Å²) in [6.45, 7) is 2.28. The van der Waals surface area contributed by atoms with Gasteiger partial charge in [-0.2, -0.15) is 0 Å². The van der Waals surface area contributed by atoms with Crippen molar-refractivity contribution in [3.8, 4) is 0 Å². The molecule has 0 aliphatic heterocycles. The number of aromatic nitrogens is 1. The number of carbonyl (C=O) groups excluding carboxylic acids is 2. The standard InChI is InChI=1S/C9H12N4O2/c1-2-11-9(15)13-12-8(14)7-3-5-10-6-4-7/h3-6H,2H2,1H3,(H,12,14)(H2,11,13,15). The number of pyridine rings is 1. The molecule has 80 valence electrons. The molecule has 3 amide bonds. The SMILES string of the molecule is CCNC(=O)NNC(=O)c1ccncc1. The summed E-state index contributed by atoms with van der Waals surface area (Å²) >= 11 is 0. The average Bonchev–Trinajstić information content (AvgIpc) is 2.27. The predicted octanol–water partition coefficient (Wildman–Crippen LogP) is 0.0455. The van der Waals surface area contributed by atoms with Crippen molar-refractivity contribution in [2.75, 3.05) is 6.54 Å². The maximum atomic E-state index is 11.4. The Balaban J connectivity index is 2.40. The Morgan fingerprint density at radius 1 is 1.27 bits per heavy atom. The zero-order chi connectivity index (χ0) is 11.1. The fourth-order valence-corrected chi connectivity index (χ4v) is 0.894. The van der Waals surface area contributed by atoms with Gasteiger partial charge in [-0.05, 0) is 19.1 Å². The van der Waals surface area contributed by atoms with Gasteiger partial charge in [0.25, 0.3) is 5.91 Å². The third kappa shape index (κ3) is 3.63. The molecular weight excluding hydrogens is 196 g/mol. The second kappa shape index (κ2) is 5.58. The Hall–Kier alpha value is -2.11. The highest BCUT2D eigenvalue weighted by atomic mass is 16.2. The molecule has 0 aliphatic rings. The highest BCUT2D eigenvalue weighted by Gasteiger charge is 2.04. The van der Waals surface area contributed by atoms with Gasteiger partial charge in [0.1, 0.15) is 0 Å². The summed E-state index contributed by atoms with van der Waals surface area (Å²) in [5, 5.41) is 2.48. The second-order valence-electron chi connectivity index (χ2n) is 2.67. The Labute approximate surface area is 87.1 Å². The van der Waals surface area contributed by atoms with Crippen molar-refractivity contribution in [2.24, 2.45) is 0 Å². The van der Waals surface area contributed by atoms with E-state index in [2.05, 4.69) is 21.2 Å². The number of amides is 3. The largest absolute Gasteiger partial charge is 0.337 e. The smallest absolute Gasteiger partial charge is 0.333 e. The van der Waals surface area contributed by atoms with Crippen LogP contribution in [0.4, 0.5) is 4.79 Å². The highest BCUT2D eigenvalue weighted by Crippen LogP contribution is 1.93. The first kappa shape index (κ1) is 11.0. The molecule has 1 heterocycles. The van der Waals surface area contributed by atoms with Crippen LogP contribution in [-0.4, -0.2) is 23.5 Å². The van der Waals surface area contributed by atoms with Crippen molar-refractivity contribution in [1.82, 2.24) is 21.2 Å². The molecule has 0 saturated heterocycles. The monoisotopic (exact) mass is 208 g/mol. The summed E-state index contributed by atoms with van der Waals surface area (Å²) in [6.07, 6.45) is 3.00. The normalized spacial score (nSPS) is 9.13. The molecule has 0 aliphatic carbocycles. The van der Waals surface area contributed by atoms with Crippen LogP contribution in [0.15, 0.2) is 24.5 Å². The Bertz CT molecular complexity index is 339. The van der Waals surface area contributed by atoms with Crippen molar-refractivity contribution in [2.45, 2.75) is 6.92 Å². The first-order chi connectivity index (χ1) is 7.24. The van der Waals surface area contributed by atoms with Crippen molar-refractivity contribution >= 4 is 11.9 Å². The number of hydrogen-bond acceptors (Lipinski definition) is 3. The van der Waals surface area contributed by atoms with E-state index in [0.717, 1.165) is 0 Å². The summed E-state index contributed by atoms with van der Waals surface area (Å²) in [5.74, 6) is -0.386. The van der Waals surface area contributed by atoms with Crippen LogP contribution in [0.25, 0.3) is 0 Å². The molecule has 0 fully saturated rings. The first-order valence-electron chi connectivity index (χ1n) is 4.48. The van der Waals surface area contributed by atoms with Crippen LogP contribution in [0.5, 0.6) is 0 Å². The van der Waals surface area contributed by atoms with Gasteiger partial charge >= 0.3 is 6.03 Å². The number of rotatable bonds is 2. The summed E-state index contributed by atoms with van der Waals surface area (Å²) in [6, 6.07) is 2.66. The lowest BCUT2D eigenvalue weighted by atomic mass is 10.3. The summed E-state index contributed by atoms with van der Waals surface area (Å²) in [5.41, 5.74) is 4.90. The molecule has 0 bridgehead atoms. The van der Waals surface area contributed by atoms with Crippen LogP contribution < -0.4 is 16.2 Å². The third-order valence-corrected chi connectivity index (χ3v) is 1.57. The minimum Gasteiger partial charge on any atom is -0.337 e. The zero-order valence-corrected chi connectivity index (χ0v) is 8.28. The predicted molar refractivity (Wildman–Crippen MR) is 53.9 cm³/mol. The molecule has 0 aromatic carbocycles. The van der Waals surface area contributed by atoms with Crippen molar-refractivity contribution in [1.29, 1.82) is 0 Å². The van der Waals surface area contributed by atoms with E-state index in [-0.39, 0.29) is 5.91 Å². The third-order valence-electron chi connectivity index (χ3n) is 1.57. The van der Waals surface area contributed by atoms with E-state index in [4.69, 9.17) is 0 Å². The first-order valence-corrected chi connectivity index (χ1v) is 4.48. The topological polar surface area (TPSA) is 83.1 Å². The van der Waals surface area contributed by atoms with E-state index in [1.165, 1.54) is 12.4 Å². The van der Waals surface area contributed by atoms with E-state index >= 15 is 0 Å². The fourth-order valence-electron chi connectivity index (χ4n) is 0.894. The van der Waals surface area contributed by atoms with Gasteiger partial charge in [0.2, 0.25) is 0 Å². The van der Waals surface area contributed by atoms with E-state index in [1.807, 2.05) is 0 Å².